The van der Waals surface area contributed by atoms with E-state index in [-0.39, 0.29) is 29.9 Å². The third-order valence-corrected chi connectivity index (χ3v) is 6.20. The maximum Gasteiger partial charge on any atom is 0.246 e. The molecule has 0 radical (unpaired) electrons. The molecule has 3 rings (SSSR count). The first kappa shape index (κ1) is 18.4. The molecule has 2 aromatic rings. The van der Waals surface area contributed by atoms with Gasteiger partial charge in [0.15, 0.2) is 9.84 Å². The zero-order valence-electron chi connectivity index (χ0n) is 14.5. The first-order valence-electron chi connectivity index (χ1n) is 8.39. The van der Waals surface area contributed by atoms with Gasteiger partial charge in [-0.3, -0.25) is 4.79 Å². The maximum absolute atomic E-state index is 11.9. The second-order valence-electron chi connectivity index (χ2n) is 6.32. The largest absolute Gasteiger partial charge is 0.497 e. The van der Waals surface area contributed by atoms with Gasteiger partial charge in [-0.25, -0.2) is 8.42 Å². The summed E-state index contributed by atoms with van der Waals surface area (Å²) >= 11 is 0. The van der Waals surface area contributed by atoms with Gasteiger partial charge < -0.3 is 14.6 Å². The second kappa shape index (κ2) is 7.86. The quantitative estimate of drug-likeness (QED) is 0.777. The van der Waals surface area contributed by atoms with Crippen molar-refractivity contribution in [3.8, 4) is 17.1 Å². The van der Waals surface area contributed by atoms with Gasteiger partial charge in [0.2, 0.25) is 17.6 Å². The second-order valence-corrected chi connectivity index (χ2v) is 8.55. The van der Waals surface area contributed by atoms with Crippen molar-refractivity contribution in [3.63, 3.8) is 0 Å². The molecule has 1 saturated heterocycles. The molecule has 0 bridgehead atoms. The summed E-state index contributed by atoms with van der Waals surface area (Å²) in [5.41, 5.74) is 0.787. The Morgan fingerprint density at radius 3 is 2.77 bits per heavy atom. The van der Waals surface area contributed by atoms with Crippen LogP contribution in [0.4, 0.5) is 0 Å². The normalized spacial score (nSPS) is 18.6. The smallest absolute Gasteiger partial charge is 0.246 e. The monoisotopic (exact) mass is 379 g/mol. The summed E-state index contributed by atoms with van der Waals surface area (Å²) in [7, 11) is -1.31. The summed E-state index contributed by atoms with van der Waals surface area (Å²) in [5.74, 6) is 1.83. The molecule has 1 amide bonds. The molecule has 26 heavy (non-hydrogen) atoms. The Kier molecular flexibility index (Phi) is 5.55. The third kappa shape index (κ3) is 4.81. The molecule has 1 N–H and O–H groups in total. The molecule has 1 fully saturated rings. The average Bonchev–Trinajstić information content (AvgIpc) is 3.24. The van der Waals surface area contributed by atoms with Crippen LogP contribution < -0.4 is 10.1 Å². The number of nitrogens with one attached hydrogen (secondary N) is 1. The minimum Gasteiger partial charge on any atom is -0.497 e. The molecule has 2 heterocycles. The minimum atomic E-state index is -2.90. The van der Waals surface area contributed by atoms with Crippen molar-refractivity contribution < 1.29 is 22.5 Å². The number of ether oxygens (including phenoxy) is 1. The number of carbonyl (C=O) groups is 1. The lowest BCUT2D eigenvalue weighted by Crippen LogP contribution is -2.23. The van der Waals surface area contributed by atoms with E-state index in [0.717, 1.165) is 11.3 Å². The van der Waals surface area contributed by atoms with Crippen molar-refractivity contribution in [2.75, 3.05) is 18.6 Å². The van der Waals surface area contributed by atoms with Crippen LogP contribution in [0.15, 0.2) is 28.8 Å². The van der Waals surface area contributed by atoms with E-state index in [1.807, 2.05) is 12.1 Å². The molecule has 1 aromatic heterocycles. The van der Waals surface area contributed by atoms with E-state index in [2.05, 4.69) is 15.5 Å². The van der Waals surface area contributed by atoms with Crippen LogP contribution in [-0.2, 0) is 21.2 Å². The van der Waals surface area contributed by atoms with E-state index in [1.165, 1.54) is 0 Å². The number of benzene rings is 1. The molecule has 8 nitrogen and oxygen atoms in total. The van der Waals surface area contributed by atoms with Crippen molar-refractivity contribution in [3.05, 3.63) is 30.2 Å². The fourth-order valence-corrected chi connectivity index (χ4v) is 4.79. The third-order valence-electron chi connectivity index (χ3n) is 4.36. The number of sulfone groups is 1. The van der Waals surface area contributed by atoms with Gasteiger partial charge in [0.25, 0.3) is 0 Å². The van der Waals surface area contributed by atoms with E-state index in [0.29, 0.717) is 31.0 Å². The Bertz CT molecular complexity index is 861. The van der Waals surface area contributed by atoms with Crippen LogP contribution in [0.2, 0.25) is 0 Å². The first-order valence-corrected chi connectivity index (χ1v) is 10.2. The van der Waals surface area contributed by atoms with E-state index >= 15 is 0 Å². The van der Waals surface area contributed by atoms with E-state index in [1.54, 1.807) is 19.2 Å². The molecule has 1 aliphatic heterocycles. The Labute approximate surface area is 151 Å². The highest BCUT2D eigenvalue weighted by Crippen LogP contribution is 2.23. The van der Waals surface area contributed by atoms with Crippen LogP contribution in [0.1, 0.15) is 25.2 Å². The van der Waals surface area contributed by atoms with Crippen molar-refractivity contribution in [2.45, 2.75) is 25.8 Å². The molecule has 1 unspecified atom stereocenters. The molecule has 9 heteroatoms. The van der Waals surface area contributed by atoms with Crippen LogP contribution in [-0.4, -0.2) is 43.1 Å². The topological polar surface area (TPSA) is 111 Å². The Morgan fingerprint density at radius 1 is 1.35 bits per heavy atom. The van der Waals surface area contributed by atoms with Gasteiger partial charge in [0, 0.05) is 12.0 Å². The Morgan fingerprint density at radius 2 is 2.12 bits per heavy atom. The zero-order valence-corrected chi connectivity index (χ0v) is 15.3. The molecule has 0 spiro atoms. The van der Waals surface area contributed by atoms with Gasteiger partial charge in [0.05, 0.1) is 25.2 Å². The van der Waals surface area contributed by atoms with Gasteiger partial charge in [-0.2, -0.15) is 4.98 Å². The number of carbonyl (C=O) groups excluding carboxylic acids is 1. The number of hydrogen-bond donors (Lipinski definition) is 1. The van der Waals surface area contributed by atoms with Crippen molar-refractivity contribution in [2.24, 2.45) is 5.92 Å². The zero-order chi connectivity index (χ0) is 18.6. The SMILES string of the molecule is COc1ccc(-c2noc(CNC(=O)CCC3CCS(=O)(=O)C3)n2)cc1. The summed E-state index contributed by atoms with van der Waals surface area (Å²) in [4.78, 5) is 16.2. The van der Waals surface area contributed by atoms with Gasteiger partial charge >= 0.3 is 0 Å². The summed E-state index contributed by atoms with van der Waals surface area (Å²) in [6.07, 6.45) is 1.51. The highest BCUT2D eigenvalue weighted by atomic mass is 32.2. The summed E-state index contributed by atoms with van der Waals surface area (Å²) in [6.45, 7) is 0.144. The lowest BCUT2D eigenvalue weighted by Gasteiger charge is -2.06. The molecule has 1 atom stereocenters. The highest BCUT2D eigenvalue weighted by Gasteiger charge is 2.27. The fourth-order valence-electron chi connectivity index (χ4n) is 2.88. The lowest BCUT2D eigenvalue weighted by atomic mass is 10.0. The van der Waals surface area contributed by atoms with Gasteiger partial charge in [-0.05, 0) is 43.0 Å². The summed E-state index contributed by atoms with van der Waals surface area (Å²) in [5, 5.41) is 6.62. The van der Waals surface area contributed by atoms with E-state index in [4.69, 9.17) is 9.26 Å². The Hall–Kier alpha value is -2.42. The summed E-state index contributed by atoms with van der Waals surface area (Å²) < 4.78 is 33.1. The van der Waals surface area contributed by atoms with Crippen LogP contribution in [0.5, 0.6) is 5.75 Å². The minimum absolute atomic E-state index is 0.0795. The molecular weight excluding hydrogens is 358 g/mol. The van der Waals surface area contributed by atoms with Crippen LogP contribution >= 0.6 is 0 Å². The van der Waals surface area contributed by atoms with Gasteiger partial charge in [-0.1, -0.05) is 5.16 Å². The maximum atomic E-state index is 11.9. The average molecular weight is 379 g/mol. The van der Waals surface area contributed by atoms with Crippen LogP contribution in [0.3, 0.4) is 0 Å². The number of hydrogen-bond acceptors (Lipinski definition) is 7. The number of rotatable bonds is 7. The number of amides is 1. The van der Waals surface area contributed by atoms with Crippen LogP contribution in [0, 0.1) is 5.92 Å². The standard InChI is InChI=1S/C17H21N3O5S/c1-24-14-5-3-13(4-6-14)17-19-16(25-20-17)10-18-15(21)7-2-12-8-9-26(22,23)11-12/h3-6,12H,2,7-11H2,1H3,(H,18,21). The van der Waals surface area contributed by atoms with E-state index < -0.39 is 9.84 Å². The molecule has 1 aromatic carbocycles. The van der Waals surface area contributed by atoms with Gasteiger partial charge in [-0.15, -0.1) is 0 Å². The van der Waals surface area contributed by atoms with Crippen molar-refractivity contribution in [1.29, 1.82) is 0 Å². The fraction of sp³-hybridized carbons (Fsp3) is 0.471. The van der Waals surface area contributed by atoms with E-state index in [9.17, 15) is 13.2 Å². The predicted molar refractivity (Wildman–Crippen MR) is 94.1 cm³/mol. The molecular formula is C17H21N3O5S. The molecule has 1 aliphatic rings. The predicted octanol–water partition coefficient (Wildman–Crippen LogP) is 1.58. The first-order chi connectivity index (χ1) is 12.4. The lowest BCUT2D eigenvalue weighted by molar-refractivity contribution is -0.121. The van der Waals surface area contributed by atoms with Crippen LogP contribution in [0.25, 0.3) is 11.4 Å². The molecule has 0 saturated carbocycles. The molecule has 140 valence electrons. The number of aromatic nitrogens is 2. The Balaban J connectivity index is 1.46. The summed E-state index contributed by atoms with van der Waals surface area (Å²) in [6, 6.07) is 7.25. The highest BCUT2D eigenvalue weighted by molar-refractivity contribution is 7.91. The molecule has 0 aliphatic carbocycles. The number of methoxy groups -OCH3 is 1. The van der Waals surface area contributed by atoms with Crippen molar-refractivity contribution >= 4 is 15.7 Å². The van der Waals surface area contributed by atoms with Gasteiger partial charge in [0.1, 0.15) is 5.75 Å². The number of nitrogens with zero attached hydrogens (tertiary/aromatic N) is 2. The van der Waals surface area contributed by atoms with Crippen molar-refractivity contribution in [1.82, 2.24) is 15.5 Å².